The summed E-state index contributed by atoms with van der Waals surface area (Å²) in [6.45, 7) is 2.44. The summed E-state index contributed by atoms with van der Waals surface area (Å²) < 4.78 is 5.47. The largest absolute Gasteiger partial charge is 0.496 e. The molecule has 1 aliphatic rings. The molecule has 24 heavy (non-hydrogen) atoms. The zero-order valence-corrected chi connectivity index (χ0v) is 13.8. The minimum Gasteiger partial charge on any atom is -0.496 e. The van der Waals surface area contributed by atoms with E-state index in [0.717, 1.165) is 31.7 Å². The van der Waals surface area contributed by atoms with Gasteiger partial charge in [0.1, 0.15) is 5.75 Å². The van der Waals surface area contributed by atoms with Gasteiger partial charge in [0, 0.05) is 12.7 Å². The number of methoxy groups -OCH3 is 1. The molecule has 1 aliphatic heterocycles. The summed E-state index contributed by atoms with van der Waals surface area (Å²) in [7, 11) is 1.71. The molecule has 1 fully saturated rings. The summed E-state index contributed by atoms with van der Waals surface area (Å²) in [6, 6.07) is 11.5. The van der Waals surface area contributed by atoms with E-state index in [0.29, 0.717) is 23.7 Å². The lowest BCUT2D eigenvalue weighted by Crippen LogP contribution is -2.33. The topological polar surface area (TPSA) is 62.7 Å². The molecular weight excluding hydrogens is 304 g/mol. The van der Waals surface area contributed by atoms with Crippen LogP contribution in [0.25, 0.3) is 0 Å². The Morgan fingerprint density at radius 2 is 2.00 bits per heavy atom. The summed E-state index contributed by atoms with van der Waals surface area (Å²) in [5, 5.41) is 9.27. The number of aromatic nitrogens is 1. The monoisotopic (exact) mass is 326 g/mol. The standard InChI is InChI=1S/C19H22N2O3/c1-24-18-7-3-2-5-15(18)14-8-11-21(12-9-14)13-17-16(19(22)23)6-4-10-20-17/h2-7,10,14H,8-9,11-13H2,1H3,(H,22,23). The van der Waals surface area contributed by atoms with Crippen LogP contribution in [-0.2, 0) is 6.54 Å². The Labute approximate surface area is 141 Å². The minimum absolute atomic E-state index is 0.296. The Balaban J connectivity index is 1.65. The van der Waals surface area contributed by atoms with Crippen LogP contribution in [0.3, 0.4) is 0 Å². The molecule has 0 amide bonds. The predicted octanol–water partition coefficient (Wildman–Crippen LogP) is 3.17. The zero-order valence-electron chi connectivity index (χ0n) is 13.8. The van der Waals surface area contributed by atoms with Gasteiger partial charge >= 0.3 is 5.97 Å². The third-order valence-corrected chi connectivity index (χ3v) is 4.66. The van der Waals surface area contributed by atoms with E-state index in [1.165, 1.54) is 5.56 Å². The molecule has 0 spiro atoms. The first-order valence-corrected chi connectivity index (χ1v) is 8.21. The summed E-state index contributed by atoms with van der Waals surface area (Å²) >= 11 is 0. The van der Waals surface area contributed by atoms with E-state index >= 15 is 0 Å². The van der Waals surface area contributed by atoms with Crippen LogP contribution < -0.4 is 4.74 Å². The fourth-order valence-corrected chi connectivity index (χ4v) is 3.38. The van der Waals surface area contributed by atoms with Crippen molar-refractivity contribution in [1.29, 1.82) is 0 Å². The van der Waals surface area contributed by atoms with Gasteiger partial charge in [-0.2, -0.15) is 0 Å². The average molecular weight is 326 g/mol. The molecule has 2 aromatic rings. The van der Waals surface area contributed by atoms with Crippen LogP contribution in [0.15, 0.2) is 42.6 Å². The Kier molecular flexibility index (Phi) is 5.11. The first-order chi connectivity index (χ1) is 11.7. The molecular formula is C19H22N2O3. The maximum Gasteiger partial charge on any atom is 0.337 e. The number of hydrogen-bond acceptors (Lipinski definition) is 4. The van der Waals surface area contributed by atoms with Crippen LogP contribution in [0, 0.1) is 0 Å². The number of ether oxygens (including phenoxy) is 1. The van der Waals surface area contributed by atoms with Crippen LogP contribution in [0.2, 0.25) is 0 Å². The maximum absolute atomic E-state index is 11.3. The van der Waals surface area contributed by atoms with Crippen molar-refractivity contribution in [2.24, 2.45) is 0 Å². The van der Waals surface area contributed by atoms with Crippen LogP contribution in [0.5, 0.6) is 5.75 Å². The van der Waals surface area contributed by atoms with Crippen molar-refractivity contribution in [1.82, 2.24) is 9.88 Å². The molecule has 0 saturated carbocycles. The molecule has 126 valence electrons. The van der Waals surface area contributed by atoms with Gasteiger partial charge in [-0.25, -0.2) is 4.79 Å². The number of piperidine rings is 1. The van der Waals surface area contributed by atoms with E-state index in [4.69, 9.17) is 4.74 Å². The third kappa shape index (κ3) is 3.57. The Bertz CT molecular complexity index is 709. The number of nitrogens with zero attached hydrogens (tertiary/aromatic N) is 2. The number of carboxylic acids is 1. The maximum atomic E-state index is 11.3. The number of pyridine rings is 1. The molecule has 0 radical (unpaired) electrons. The van der Waals surface area contributed by atoms with Gasteiger partial charge in [-0.15, -0.1) is 0 Å². The molecule has 0 bridgehead atoms. The predicted molar refractivity (Wildman–Crippen MR) is 91.4 cm³/mol. The molecule has 1 aromatic heterocycles. The molecule has 5 heteroatoms. The number of aromatic carboxylic acids is 1. The summed E-state index contributed by atoms with van der Waals surface area (Å²) in [5.74, 6) is 0.524. The lowest BCUT2D eigenvalue weighted by molar-refractivity contribution is 0.0693. The SMILES string of the molecule is COc1ccccc1C1CCN(Cc2ncccc2C(=O)O)CC1. The number of hydrogen-bond donors (Lipinski definition) is 1. The molecule has 2 heterocycles. The van der Waals surface area contributed by atoms with E-state index in [9.17, 15) is 9.90 Å². The molecule has 1 N–H and O–H groups in total. The first-order valence-electron chi connectivity index (χ1n) is 8.21. The fraction of sp³-hybridized carbons (Fsp3) is 0.368. The second-order valence-corrected chi connectivity index (χ2v) is 6.10. The van der Waals surface area contributed by atoms with Gasteiger partial charge in [0.2, 0.25) is 0 Å². The van der Waals surface area contributed by atoms with Gasteiger partial charge in [-0.1, -0.05) is 18.2 Å². The van der Waals surface area contributed by atoms with Crippen LogP contribution in [0.1, 0.15) is 40.4 Å². The molecule has 5 nitrogen and oxygen atoms in total. The quantitative estimate of drug-likeness (QED) is 0.914. The highest BCUT2D eigenvalue weighted by molar-refractivity contribution is 5.88. The van der Waals surface area contributed by atoms with Crippen molar-refractivity contribution in [2.75, 3.05) is 20.2 Å². The molecule has 1 aromatic carbocycles. The van der Waals surface area contributed by atoms with Crippen molar-refractivity contribution < 1.29 is 14.6 Å². The second-order valence-electron chi connectivity index (χ2n) is 6.10. The van der Waals surface area contributed by atoms with Gasteiger partial charge in [0.25, 0.3) is 0 Å². The van der Waals surface area contributed by atoms with E-state index in [1.54, 1.807) is 25.4 Å². The second kappa shape index (κ2) is 7.45. The van der Waals surface area contributed by atoms with Gasteiger partial charge in [-0.3, -0.25) is 9.88 Å². The molecule has 0 atom stereocenters. The summed E-state index contributed by atoms with van der Waals surface area (Å²) in [4.78, 5) is 17.8. The molecule has 1 saturated heterocycles. The van der Waals surface area contributed by atoms with Crippen molar-refractivity contribution >= 4 is 5.97 Å². The highest BCUT2D eigenvalue weighted by Crippen LogP contribution is 2.34. The molecule has 3 rings (SSSR count). The average Bonchev–Trinajstić information content (AvgIpc) is 2.62. The smallest absolute Gasteiger partial charge is 0.337 e. The number of rotatable bonds is 5. The van der Waals surface area contributed by atoms with E-state index in [-0.39, 0.29) is 0 Å². The zero-order chi connectivity index (χ0) is 16.9. The van der Waals surface area contributed by atoms with Crippen molar-refractivity contribution in [3.8, 4) is 5.75 Å². The van der Waals surface area contributed by atoms with Crippen molar-refractivity contribution in [3.05, 3.63) is 59.4 Å². The summed E-state index contributed by atoms with van der Waals surface area (Å²) in [6.07, 6.45) is 3.73. The first kappa shape index (κ1) is 16.5. The van der Waals surface area contributed by atoms with Gasteiger partial charge < -0.3 is 9.84 Å². The Hall–Kier alpha value is -2.40. The van der Waals surface area contributed by atoms with Crippen molar-refractivity contribution in [3.63, 3.8) is 0 Å². The number of para-hydroxylation sites is 1. The Morgan fingerprint density at radius 1 is 1.25 bits per heavy atom. The van der Waals surface area contributed by atoms with Crippen LogP contribution in [0.4, 0.5) is 0 Å². The van der Waals surface area contributed by atoms with Gasteiger partial charge in [-0.05, 0) is 55.6 Å². The Morgan fingerprint density at radius 3 is 2.71 bits per heavy atom. The lowest BCUT2D eigenvalue weighted by atomic mass is 9.88. The highest BCUT2D eigenvalue weighted by atomic mass is 16.5. The van der Waals surface area contributed by atoms with E-state index in [2.05, 4.69) is 22.0 Å². The number of carbonyl (C=O) groups is 1. The number of carboxylic acid groups (broad SMARTS) is 1. The van der Waals surface area contributed by atoms with Crippen LogP contribution in [-0.4, -0.2) is 41.2 Å². The fourth-order valence-electron chi connectivity index (χ4n) is 3.38. The highest BCUT2D eigenvalue weighted by Gasteiger charge is 2.24. The lowest BCUT2D eigenvalue weighted by Gasteiger charge is -2.32. The minimum atomic E-state index is -0.915. The van der Waals surface area contributed by atoms with E-state index in [1.807, 2.05) is 12.1 Å². The molecule has 0 unspecified atom stereocenters. The number of benzene rings is 1. The van der Waals surface area contributed by atoms with Crippen LogP contribution >= 0.6 is 0 Å². The normalized spacial score (nSPS) is 16.0. The van der Waals surface area contributed by atoms with E-state index < -0.39 is 5.97 Å². The number of likely N-dealkylation sites (tertiary alicyclic amines) is 1. The van der Waals surface area contributed by atoms with Gasteiger partial charge in [0.05, 0.1) is 18.4 Å². The molecule has 0 aliphatic carbocycles. The third-order valence-electron chi connectivity index (χ3n) is 4.66. The van der Waals surface area contributed by atoms with Gasteiger partial charge in [0.15, 0.2) is 0 Å². The summed E-state index contributed by atoms with van der Waals surface area (Å²) in [5.41, 5.74) is 2.20. The van der Waals surface area contributed by atoms with Crippen molar-refractivity contribution in [2.45, 2.75) is 25.3 Å².